The third-order valence-electron chi connectivity index (χ3n) is 2.95. The fourth-order valence-electron chi connectivity index (χ4n) is 1.87. The van der Waals surface area contributed by atoms with Crippen LogP contribution in [0.4, 0.5) is 5.69 Å². The van der Waals surface area contributed by atoms with Crippen molar-refractivity contribution in [1.82, 2.24) is 10.2 Å². The maximum Gasteiger partial charge on any atom is 0.271 e. The predicted octanol–water partition coefficient (Wildman–Crippen LogP) is 3.87. The zero-order valence-corrected chi connectivity index (χ0v) is 14.6. The standard InChI is InChI=1S/C14H12ClN3O3S2/c1-8-3-4-11(10(15)7-8)18-23(19,20)13-6-5-12(22-13)14-17-16-9(2)21-14/h3-7,18H,1-2H3. The molecule has 0 bridgehead atoms. The fraction of sp³-hybridized carbons (Fsp3) is 0.143. The molecule has 23 heavy (non-hydrogen) atoms. The number of hydrogen-bond donors (Lipinski definition) is 1. The van der Waals surface area contributed by atoms with Crippen molar-refractivity contribution < 1.29 is 12.8 Å². The van der Waals surface area contributed by atoms with Crippen molar-refractivity contribution in [2.24, 2.45) is 0 Å². The van der Waals surface area contributed by atoms with Crippen molar-refractivity contribution in [3.8, 4) is 10.8 Å². The fourth-order valence-corrected chi connectivity index (χ4v) is 4.52. The Hall–Kier alpha value is -1.90. The molecule has 0 saturated carbocycles. The molecular weight excluding hydrogens is 358 g/mol. The first kappa shape index (κ1) is 16.0. The topological polar surface area (TPSA) is 85.1 Å². The number of anilines is 1. The van der Waals surface area contributed by atoms with E-state index in [4.69, 9.17) is 16.0 Å². The van der Waals surface area contributed by atoms with Gasteiger partial charge < -0.3 is 4.42 Å². The summed E-state index contributed by atoms with van der Waals surface area (Å²) >= 11 is 7.11. The zero-order chi connectivity index (χ0) is 16.6. The summed E-state index contributed by atoms with van der Waals surface area (Å²) in [5.74, 6) is 0.713. The number of nitrogens with one attached hydrogen (secondary N) is 1. The van der Waals surface area contributed by atoms with Crippen LogP contribution in [0.15, 0.2) is 39.0 Å². The van der Waals surface area contributed by atoms with Gasteiger partial charge in [-0.1, -0.05) is 17.7 Å². The Morgan fingerprint density at radius 1 is 1.17 bits per heavy atom. The molecule has 0 fully saturated rings. The molecule has 0 atom stereocenters. The average molecular weight is 370 g/mol. The average Bonchev–Trinajstić information content (AvgIpc) is 3.10. The van der Waals surface area contributed by atoms with E-state index in [1.165, 1.54) is 6.07 Å². The molecule has 1 aromatic carbocycles. The van der Waals surface area contributed by atoms with Crippen LogP contribution in [-0.4, -0.2) is 18.6 Å². The van der Waals surface area contributed by atoms with Gasteiger partial charge >= 0.3 is 0 Å². The van der Waals surface area contributed by atoms with Crippen molar-refractivity contribution in [1.29, 1.82) is 0 Å². The molecular formula is C14H12ClN3O3S2. The van der Waals surface area contributed by atoms with Crippen LogP contribution in [-0.2, 0) is 10.0 Å². The number of halogens is 1. The Bertz CT molecular complexity index is 963. The molecule has 120 valence electrons. The Morgan fingerprint density at radius 2 is 1.96 bits per heavy atom. The minimum atomic E-state index is -3.73. The van der Waals surface area contributed by atoms with E-state index in [-0.39, 0.29) is 4.21 Å². The SMILES string of the molecule is Cc1ccc(NS(=O)(=O)c2ccc(-c3nnc(C)o3)s2)c(Cl)c1. The first-order valence-corrected chi connectivity index (χ1v) is 9.22. The van der Waals surface area contributed by atoms with Crippen LogP contribution in [0.25, 0.3) is 10.8 Å². The second kappa shape index (κ2) is 5.95. The lowest BCUT2D eigenvalue weighted by Crippen LogP contribution is -2.11. The predicted molar refractivity (Wildman–Crippen MR) is 89.3 cm³/mol. The lowest BCUT2D eigenvalue weighted by molar-refractivity contribution is 0.534. The number of aromatic nitrogens is 2. The lowest BCUT2D eigenvalue weighted by atomic mass is 10.2. The molecule has 0 aliphatic carbocycles. The van der Waals surface area contributed by atoms with Gasteiger partial charge in [0.1, 0.15) is 4.21 Å². The highest BCUT2D eigenvalue weighted by Gasteiger charge is 2.20. The van der Waals surface area contributed by atoms with Crippen LogP contribution in [0.3, 0.4) is 0 Å². The maximum atomic E-state index is 12.5. The Kier molecular flexibility index (Phi) is 4.13. The molecule has 6 nitrogen and oxygen atoms in total. The van der Waals surface area contributed by atoms with Crippen LogP contribution in [0.5, 0.6) is 0 Å². The second-order valence-corrected chi connectivity index (χ2v) is 8.23. The number of rotatable bonds is 4. The first-order chi connectivity index (χ1) is 10.8. The molecule has 3 rings (SSSR count). The summed E-state index contributed by atoms with van der Waals surface area (Å²) in [5.41, 5.74) is 1.28. The Morgan fingerprint density at radius 3 is 2.61 bits per heavy atom. The van der Waals surface area contributed by atoms with E-state index in [2.05, 4.69) is 14.9 Å². The third-order valence-corrected chi connectivity index (χ3v) is 6.20. The van der Waals surface area contributed by atoms with Crippen LogP contribution < -0.4 is 4.72 Å². The van der Waals surface area contributed by atoms with Gasteiger partial charge in [-0.2, -0.15) is 0 Å². The normalized spacial score (nSPS) is 11.6. The monoisotopic (exact) mass is 369 g/mol. The van der Waals surface area contributed by atoms with Gasteiger partial charge in [-0.15, -0.1) is 21.5 Å². The molecule has 9 heteroatoms. The summed E-state index contributed by atoms with van der Waals surface area (Å²) in [6, 6.07) is 8.23. The minimum Gasteiger partial charge on any atom is -0.420 e. The van der Waals surface area contributed by atoms with Crippen LogP contribution in [0.2, 0.25) is 5.02 Å². The molecule has 1 N–H and O–H groups in total. The number of nitrogens with zero attached hydrogens (tertiary/aromatic N) is 2. The van der Waals surface area contributed by atoms with Crippen LogP contribution in [0, 0.1) is 13.8 Å². The highest BCUT2D eigenvalue weighted by atomic mass is 35.5. The summed E-state index contributed by atoms with van der Waals surface area (Å²) in [6.07, 6.45) is 0. The van der Waals surface area contributed by atoms with E-state index in [9.17, 15) is 8.42 Å². The van der Waals surface area contributed by atoms with Crippen molar-refractivity contribution in [2.75, 3.05) is 4.72 Å². The third kappa shape index (κ3) is 3.39. The number of aryl methyl sites for hydroxylation is 2. The number of hydrogen-bond acceptors (Lipinski definition) is 6. The van der Waals surface area contributed by atoms with Gasteiger partial charge in [-0.25, -0.2) is 8.42 Å². The number of thiophene rings is 1. The second-order valence-electron chi connectivity index (χ2n) is 4.83. The van der Waals surface area contributed by atoms with E-state index in [1.807, 2.05) is 6.92 Å². The molecule has 0 radical (unpaired) electrons. The van der Waals surface area contributed by atoms with Gasteiger partial charge in [0.25, 0.3) is 15.9 Å². The largest absolute Gasteiger partial charge is 0.420 e. The highest BCUT2D eigenvalue weighted by Crippen LogP contribution is 2.32. The molecule has 2 aromatic heterocycles. The van der Waals surface area contributed by atoms with E-state index in [0.29, 0.717) is 27.4 Å². The van der Waals surface area contributed by atoms with Gasteiger partial charge in [0.2, 0.25) is 5.89 Å². The molecule has 0 aliphatic rings. The van der Waals surface area contributed by atoms with Gasteiger partial charge in [-0.05, 0) is 36.8 Å². The van der Waals surface area contributed by atoms with Crippen molar-refractivity contribution in [3.63, 3.8) is 0 Å². The molecule has 0 spiro atoms. The lowest BCUT2D eigenvalue weighted by Gasteiger charge is -2.08. The molecule has 0 amide bonds. The molecule has 0 unspecified atom stereocenters. The quantitative estimate of drug-likeness (QED) is 0.754. The van der Waals surface area contributed by atoms with E-state index >= 15 is 0 Å². The first-order valence-electron chi connectivity index (χ1n) is 6.54. The van der Waals surface area contributed by atoms with Crippen molar-refractivity contribution in [2.45, 2.75) is 18.1 Å². The highest BCUT2D eigenvalue weighted by molar-refractivity contribution is 7.94. The van der Waals surface area contributed by atoms with Gasteiger partial charge in [0.15, 0.2) is 0 Å². The van der Waals surface area contributed by atoms with Crippen molar-refractivity contribution >= 4 is 38.6 Å². The Labute approximate surface area is 142 Å². The summed E-state index contributed by atoms with van der Waals surface area (Å²) in [5, 5.41) is 7.95. The summed E-state index contributed by atoms with van der Waals surface area (Å²) < 4.78 is 32.8. The van der Waals surface area contributed by atoms with Crippen LogP contribution in [0.1, 0.15) is 11.5 Å². The molecule has 0 saturated heterocycles. The van der Waals surface area contributed by atoms with Crippen LogP contribution >= 0.6 is 22.9 Å². The molecule has 0 aliphatic heterocycles. The summed E-state index contributed by atoms with van der Waals surface area (Å²) in [6.45, 7) is 3.55. The molecule has 3 aromatic rings. The number of benzene rings is 1. The molecule has 2 heterocycles. The smallest absolute Gasteiger partial charge is 0.271 e. The van der Waals surface area contributed by atoms with Gasteiger partial charge in [0.05, 0.1) is 15.6 Å². The minimum absolute atomic E-state index is 0.139. The van der Waals surface area contributed by atoms with E-state index < -0.39 is 10.0 Å². The number of sulfonamides is 1. The summed E-state index contributed by atoms with van der Waals surface area (Å²) in [7, 11) is -3.73. The van der Waals surface area contributed by atoms with Gasteiger partial charge in [0, 0.05) is 6.92 Å². The van der Waals surface area contributed by atoms with Gasteiger partial charge in [-0.3, -0.25) is 4.72 Å². The zero-order valence-electron chi connectivity index (χ0n) is 12.2. The maximum absolute atomic E-state index is 12.5. The van der Waals surface area contributed by atoms with E-state index in [0.717, 1.165) is 16.9 Å². The summed E-state index contributed by atoms with van der Waals surface area (Å²) in [4.78, 5) is 0.584. The van der Waals surface area contributed by atoms with Crippen molar-refractivity contribution in [3.05, 3.63) is 46.8 Å². The Balaban J connectivity index is 1.89. The van der Waals surface area contributed by atoms with E-state index in [1.54, 1.807) is 31.2 Å².